The van der Waals surface area contributed by atoms with Gasteiger partial charge in [0.25, 0.3) is 6.47 Å². The first kappa shape index (κ1) is 26.0. The highest BCUT2D eigenvalue weighted by atomic mass is 16.7. The molecule has 0 unspecified atom stereocenters. The van der Waals surface area contributed by atoms with Gasteiger partial charge in [0.15, 0.2) is 23.0 Å². The molecule has 1 fully saturated rings. The summed E-state index contributed by atoms with van der Waals surface area (Å²) in [4.78, 5) is 37.1. The van der Waals surface area contributed by atoms with Crippen LogP contribution in [0.2, 0.25) is 0 Å². The van der Waals surface area contributed by atoms with Gasteiger partial charge in [0.2, 0.25) is 25.4 Å². The lowest BCUT2D eigenvalue weighted by Gasteiger charge is -2.35. The Morgan fingerprint density at radius 2 is 1.11 bits per heavy atom. The van der Waals surface area contributed by atoms with E-state index in [0.717, 1.165) is 34.1 Å². The number of ether oxygens (including phenoxy) is 4. The lowest BCUT2D eigenvalue weighted by atomic mass is 10.2. The summed E-state index contributed by atoms with van der Waals surface area (Å²) in [5, 5.41) is 13.3. The molecule has 0 atom stereocenters. The Bertz CT molecular complexity index is 1020. The van der Waals surface area contributed by atoms with Crippen LogP contribution in [-0.4, -0.2) is 86.0 Å². The maximum atomic E-state index is 12.5. The smallest absolute Gasteiger partial charge is 0.290 e. The van der Waals surface area contributed by atoms with E-state index in [1.165, 1.54) is 0 Å². The van der Waals surface area contributed by atoms with Gasteiger partial charge in [-0.15, -0.1) is 0 Å². The van der Waals surface area contributed by atoms with E-state index in [1.54, 1.807) is 9.80 Å². The topological polar surface area (TPSA) is 139 Å². The Hall–Kier alpha value is -4.03. The van der Waals surface area contributed by atoms with E-state index < -0.39 is 0 Å². The Labute approximate surface area is 214 Å². The summed E-state index contributed by atoms with van der Waals surface area (Å²) in [6.45, 7) is 4.03. The van der Waals surface area contributed by atoms with Crippen LogP contribution in [0.15, 0.2) is 36.4 Å². The highest BCUT2D eigenvalue weighted by molar-refractivity contribution is 5.80. The van der Waals surface area contributed by atoms with Gasteiger partial charge < -0.3 is 44.5 Å². The molecule has 2 aromatic rings. The van der Waals surface area contributed by atoms with E-state index in [2.05, 4.69) is 10.6 Å². The summed E-state index contributed by atoms with van der Waals surface area (Å²) in [7, 11) is 0. The second-order valence-electron chi connectivity index (χ2n) is 8.45. The highest BCUT2D eigenvalue weighted by Gasteiger charge is 2.24. The summed E-state index contributed by atoms with van der Waals surface area (Å²) in [6, 6.07) is 11.5. The third-order valence-corrected chi connectivity index (χ3v) is 6.07. The van der Waals surface area contributed by atoms with E-state index >= 15 is 0 Å². The number of amides is 2. The van der Waals surface area contributed by atoms with Crippen LogP contribution in [0.3, 0.4) is 0 Å². The van der Waals surface area contributed by atoms with Gasteiger partial charge in [-0.05, 0) is 35.4 Å². The maximum Gasteiger partial charge on any atom is 0.290 e. The first-order valence-electron chi connectivity index (χ1n) is 11.9. The number of fused-ring (bicyclic) bond motifs is 2. The summed E-state index contributed by atoms with van der Waals surface area (Å²) in [5.74, 6) is 3.03. The van der Waals surface area contributed by atoms with Crippen molar-refractivity contribution in [1.82, 2.24) is 20.4 Å². The molecule has 0 aromatic heterocycles. The van der Waals surface area contributed by atoms with Gasteiger partial charge in [-0.2, -0.15) is 0 Å². The number of carbonyl (C=O) groups excluding carboxylic acids is 2. The fourth-order valence-electron chi connectivity index (χ4n) is 4.16. The molecule has 2 aromatic carbocycles. The number of benzene rings is 2. The quantitative estimate of drug-likeness (QED) is 0.424. The minimum Gasteiger partial charge on any atom is -0.483 e. The lowest BCUT2D eigenvalue weighted by Crippen LogP contribution is -2.53. The summed E-state index contributed by atoms with van der Waals surface area (Å²) < 4.78 is 21.4. The number of nitrogens with zero attached hydrogens (tertiary/aromatic N) is 2. The first-order valence-corrected chi connectivity index (χ1v) is 11.9. The summed E-state index contributed by atoms with van der Waals surface area (Å²) in [5.41, 5.74) is 2.06. The maximum absolute atomic E-state index is 12.5. The van der Waals surface area contributed by atoms with Crippen LogP contribution in [-0.2, 0) is 27.5 Å². The third-order valence-electron chi connectivity index (χ3n) is 6.07. The van der Waals surface area contributed by atoms with Crippen molar-refractivity contribution in [3.8, 4) is 23.0 Å². The van der Waals surface area contributed by atoms with Gasteiger partial charge in [-0.25, -0.2) is 0 Å². The number of carbonyl (C=O) groups is 3. The standard InChI is InChI=1S/C24H28N4O6.CH2O2/c29-23(13-25-11-17-1-3-19-21(9-17)33-15-31-19)27-5-7-28(8-6-27)24(30)14-26-12-18-2-4-20-22(10-18)34-16-32-20;2-1-3/h1-4,9-10,25-26H,5-8,11-16H2;1H,(H,2,3). The van der Waals surface area contributed by atoms with Crippen molar-refractivity contribution in [2.45, 2.75) is 13.1 Å². The Kier molecular flexibility index (Phi) is 9.00. The SMILES string of the molecule is O=C(CNCc1ccc2c(c1)OCO2)N1CCN(C(=O)CNCc2ccc3c(c2)OCO3)CC1.O=CO. The van der Waals surface area contributed by atoms with Gasteiger partial charge in [0, 0.05) is 39.3 Å². The molecule has 3 N–H and O–H groups in total. The molecule has 5 rings (SSSR count). The van der Waals surface area contributed by atoms with Crippen molar-refractivity contribution in [1.29, 1.82) is 0 Å². The molecular formula is C25H30N4O8. The van der Waals surface area contributed by atoms with Crippen LogP contribution in [0.5, 0.6) is 23.0 Å². The van der Waals surface area contributed by atoms with Gasteiger partial charge in [-0.1, -0.05) is 12.1 Å². The number of carboxylic acid groups (broad SMARTS) is 1. The molecule has 37 heavy (non-hydrogen) atoms. The Balaban J connectivity index is 0.00000102. The van der Waals surface area contributed by atoms with Crippen LogP contribution >= 0.6 is 0 Å². The predicted octanol–water partition coefficient (Wildman–Crippen LogP) is 0.395. The minimum atomic E-state index is -0.250. The monoisotopic (exact) mass is 514 g/mol. The fraction of sp³-hybridized carbons (Fsp3) is 0.400. The lowest BCUT2D eigenvalue weighted by molar-refractivity contribution is -0.138. The molecule has 0 radical (unpaired) electrons. The van der Waals surface area contributed by atoms with E-state index in [-0.39, 0.29) is 45.0 Å². The average molecular weight is 515 g/mol. The molecule has 0 saturated carbocycles. The van der Waals surface area contributed by atoms with Crippen molar-refractivity contribution in [3.05, 3.63) is 47.5 Å². The zero-order chi connectivity index (χ0) is 26.0. The van der Waals surface area contributed by atoms with Gasteiger partial charge in [-0.3, -0.25) is 14.4 Å². The van der Waals surface area contributed by atoms with Crippen LogP contribution < -0.4 is 29.6 Å². The second kappa shape index (κ2) is 12.8. The number of rotatable bonds is 8. The van der Waals surface area contributed by atoms with Gasteiger partial charge >= 0.3 is 0 Å². The third kappa shape index (κ3) is 7.02. The van der Waals surface area contributed by atoms with Crippen molar-refractivity contribution in [3.63, 3.8) is 0 Å². The van der Waals surface area contributed by atoms with Crippen molar-refractivity contribution >= 4 is 18.3 Å². The number of hydrogen-bond acceptors (Lipinski definition) is 9. The number of piperazine rings is 1. The molecular weight excluding hydrogens is 484 g/mol. The average Bonchev–Trinajstić information content (AvgIpc) is 3.58. The number of hydrogen-bond donors (Lipinski definition) is 3. The zero-order valence-corrected chi connectivity index (χ0v) is 20.3. The van der Waals surface area contributed by atoms with E-state index in [9.17, 15) is 9.59 Å². The predicted molar refractivity (Wildman–Crippen MR) is 130 cm³/mol. The molecule has 3 heterocycles. The molecule has 0 aliphatic carbocycles. The Morgan fingerprint density at radius 3 is 1.51 bits per heavy atom. The molecule has 0 bridgehead atoms. The fourth-order valence-corrected chi connectivity index (χ4v) is 4.16. The molecule has 12 nitrogen and oxygen atoms in total. The minimum absolute atomic E-state index is 0.0359. The summed E-state index contributed by atoms with van der Waals surface area (Å²) in [6.07, 6.45) is 0. The molecule has 198 valence electrons. The van der Waals surface area contributed by atoms with Crippen LogP contribution in [0.4, 0.5) is 0 Å². The highest BCUT2D eigenvalue weighted by Crippen LogP contribution is 2.33. The molecule has 0 spiro atoms. The second-order valence-corrected chi connectivity index (χ2v) is 8.45. The van der Waals surface area contributed by atoms with Crippen LogP contribution in [0.25, 0.3) is 0 Å². The van der Waals surface area contributed by atoms with E-state index in [4.69, 9.17) is 28.8 Å². The molecule has 2 amide bonds. The van der Waals surface area contributed by atoms with E-state index in [0.29, 0.717) is 39.3 Å². The van der Waals surface area contributed by atoms with Crippen molar-refractivity contribution in [2.75, 3.05) is 52.9 Å². The van der Waals surface area contributed by atoms with Crippen LogP contribution in [0.1, 0.15) is 11.1 Å². The van der Waals surface area contributed by atoms with Crippen molar-refractivity contribution in [2.24, 2.45) is 0 Å². The van der Waals surface area contributed by atoms with Crippen molar-refractivity contribution < 1.29 is 38.4 Å². The molecule has 3 aliphatic rings. The van der Waals surface area contributed by atoms with Crippen LogP contribution in [0, 0.1) is 0 Å². The molecule has 12 heteroatoms. The van der Waals surface area contributed by atoms with Gasteiger partial charge in [0.05, 0.1) is 13.1 Å². The molecule has 1 saturated heterocycles. The zero-order valence-electron chi connectivity index (χ0n) is 20.3. The Morgan fingerprint density at radius 1 is 0.730 bits per heavy atom. The molecule has 3 aliphatic heterocycles. The first-order chi connectivity index (χ1) is 18.1. The number of nitrogens with one attached hydrogen (secondary N) is 2. The normalized spacial score (nSPS) is 15.1. The largest absolute Gasteiger partial charge is 0.483 e. The van der Waals surface area contributed by atoms with Gasteiger partial charge in [0.1, 0.15) is 0 Å². The van der Waals surface area contributed by atoms with E-state index in [1.807, 2.05) is 36.4 Å². The summed E-state index contributed by atoms with van der Waals surface area (Å²) >= 11 is 0.